The zero-order chi connectivity index (χ0) is 12.3. The average Bonchev–Trinajstić information content (AvgIpc) is 2.63. The number of rotatable bonds is 0. The molecule has 0 N–H and O–H groups in total. The lowest BCUT2D eigenvalue weighted by molar-refractivity contribution is 0.737. The molecule has 0 saturated heterocycles. The summed E-state index contributed by atoms with van der Waals surface area (Å²) in [5.41, 5.74) is 2.59. The van der Waals surface area contributed by atoms with Crippen LogP contribution in [0.15, 0.2) is 30.3 Å². The Morgan fingerprint density at radius 3 is 2.59 bits per heavy atom. The number of aromatic nitrogens is 2. The Kier molecular flexibility index (Phi) is 2.89. The molecule has 0 amide bonds. The Labute approximate surface area is 99.5 Å². The lowest BCUT2D eigenvalue weighted by Crippen LogP contribution is -1.92. The second kappa shape index (κ2) is 4.51. The zero-order valence-electron chi connectivity index (χ0n) is 9.68. The molecule has 0 aliphatic rings. The Balaban J connectivity index is 2.42. The van der Waals surface area contributed by atoms with Crippen molar-refractivity contribution in [2.24, 2.45) is 7.05 Å². The van der Waals surface area contributed by atoms with Crippen molar-refractivity contribution in [2.45, 2.75) is 6.92 Å². The molecule has 4 nitrogen and oxygen atoms in total. The molecule has 0 aliphatic carbocycles. The van der Waals surface area contributed by atoms with Gasteiger partial charge in [0.05, 0.1) is 0 Å². The lowest BCUT2D eigenvalue weighted by atomic mass is 10.2. The lowest BCUT2D eigenvalue weighted by Gasteiger charge is -1.85. The maximum absolute atomic E-state index is 8.91. The summed E-state index contributed by atoms with van der Waals surface area (Å²) in [6.07, 6.45) is 0. The molecule has 1 aromatic carbocycles. The Bertz CT molecular complexity index is 636. The van der Waals surface area contributed by atoms with Gasteiger partial charge < -0.3 is 0 Å². The number of nitrogens with zero attached hydrogens (tertiary/aromatic N) is 4. The highest BCUT2D eigenvalue weighted by Gasteiger charge is 2.22. The number of benzene rings is 1. The van der Waals surface area contributed by atoms with Crippen LogP contribution in [-0.4, -0.2) is 9.78 Å². The van der Waals surface area contributed by atoms with Crippen molar-refractivity contribution >= 4 is 5.69 Å². The summed E-state index contributed by atoms with van der Waals surface area (Å²) in [4.78, 5) is 3.22. The average molecular weight is 223 g/mol. The molecule has 0 spiro atoms. The van der Waals surface area contributed by atoms with Gasteiger partial charge in [-0.2, -0.15) is 5.10 Å². The Morgan fingerprint density at radius 2 is 1.94 bits per heavy atom. The van der Waals surface area contributed by atoms with E-state index >= 15 is 0 Å². The minimum absolute atomic E-state index is 0.427. The number of diazo groups is 1. The number of hydrogen-bond donors (Lipinski definition) is 0. The van der Waals surface area contributed by atoms with Crippen molar-refractivity contribution in [3.05, 3.63) is 52.3 Å². The van der Waals surface area contributed by atoms with Crippen molar-refractivity contribution in [2.75, 3.05) is 0 Å². The fraction of sp³-hybridized carbons (Fsp3) is 0.154. The summed E-state index contributed by atoms with van der Waals surface area (Å²) in [5, 5.41) is 13.1. The molecular formula is C13H11N4+. The zero-order valence-corrected chi connectivity index (χ0v) is 9.68. The largest absolute Gasteiger partial charge is 0.441 e. The predicted molar refractivity (Wildman–Crippen MR) is 65.1 cm³/mol. The van der Waals surface area contributed by atoms with Gasteiger partial charge in [-0.25, -0.2) is 0 Å². The van der Waals surface area contributed by atoms with Gasteiger partial charge >= 0.3 is 5.69 Å². The molecule has 0 saturated carbocycles. The number of hydrogen-bond acceptors (Lipinski definition) is 2. The van der Waals surface area contributed by atoms with Crippen LogP contribution in [-0.2, 0) is 7.05 Å². The van der Waals surface area contributed by atoms with E-state index in [1.807, 2.05) is 37.3 Å². The van der Waals surface area contributed by atoms with Crippen LogP contribution < -0.4 is 0 Å². The number of aryl methyl sites for hydroxylation is 1. The van der Waals surface area contributed by atoms with Gasteiger partial charge in [0.1, 0.15) is 5.69 Å². The summed E-state index contributed by atoms with van der Waals surface area (Å²) in [7, 11) is 1.79. The van der Waals surface area contributed by atoms with Crippen molar-refractivity contribution < 1.29 is 0 Å². The quantitative estimate of drug-likeness (QED) is 0.509. The van der Waals surface area contributed by atoms with E-state index in [-0.39, 0.29) is 0 Å². The summed E-state index contributed by atoms with van der Waals surface area (Å²) < 4.78 is 1.64. The molecule has 0 aliphatic heterocycles. The van der Waals surface area contributed by atoms with Crippen LogP contribution in [0.2, 0.25) is 0 Å². The van der Waals surface area contributed by atoms with Gasteiger partial charge in [-0.15, -0.1) is 0 Å². The van der Waals surface area contributed by atoms with E-state index in [4.69, 9.17) is 5.39 Å². The third-order valence-electron chi connectivity index (χ3n) is 2.50. The van der Waals surface area contributed by atoms with Crippen LogP contribution in [0.4, 0.5) is 5.69 Å². The molecule has 4 heteroatoms. The Morgan fingerprint density at radius 1 is 1.24 bits per heavy atom. The molecule has 0 bridgehead atoms. The normalized spacial score (nSPS) is 9.24. The van der Waals surface area contributed by atoms with Crippen molar-refractivity contribution in [1.82, 2.24) is 9.78 Å². The highest BCUT2D eigenvalue weighted by Crippen LogP contribution is 2.21. The van der Waals surface area contributed by atoms with Gasteiger partial charge in [0, 0.05) is 12.6 Å². The summed E-state index contributed by atoms with van der Waals surface area (Å²) in [5.74, 6) is 5.89. The molecule has 82 valence electrons. The minimum atomic E-state index is 0.427. The second-order valence-electron chi connectivity index (χ2n) is 3.62. The maximum Gasteiger partial charge on any atom is 0.441 e. The summed E-state index contributed by atoms with van der Waals surface area (Å²) >= 11 is 0. The van der Waals surface area contributed by atoms with E-state index < -0.39 is 0 Å². The third kappa shape index (κ3) is 2.16. The first-order chi connectivity index (χ1) is 8.22. The van der Waals surface area contributed by atoms with Crippen LogP contribution in [0.1, 0.15) is 17.0 Å². The van der Waals surface area contributed by atoms with Crippen LogP contribution in [0.5, 0.6) is 0 Å². The van der Waals surface area contributed by atoms with Crippen molar-refractivity contribution in [3.63, 3.8) is 0 Å². The molecule has 0 fully saturated rings. The van der Waals surface area contributed by atoms with Crippen LogP contribution in [0, 0.1) is 24.2 Å². The smallest absolute Gasteiger partial charge is 0.263 e. The van der Waals surface area contributed by atoms with E-state index in [0.29, 0.717) is 11.4 Å². The van der Waals surface area contributed by atoms with Crippen molar-refractivity contribution in [1.29, 1.82) is 5.39 Å². The van der Waals surface area contributed by atoms with Gasteiger partial charge in [-0.05, 0) is 25.0 Å². The molecule has 1 heterocycles. The first kappa shape index (κ1) is 10.9. The Hall–Kier alpha value is -2.59. The first-order valence-corrected chi connectivity index (χ1v) is 5.18. The van der Waals surface area contributed by atoms with Crippen LogP contribution >= 0.6 is 0 Å². The SMILES string of the molecule is Cc1c([N+]#N)c(C#Cc2ccccc2)nn1C. The second-order valence-corrected chi connectivity index (χ2v) is 3.62. The van der Waals surface area contributed by atoms with Crippen LogP contribution in [0.3, 0.4) is 0 Å². The highest BCUT2D eigenvalue weighted by molar-refractivity contribution is 5.60. The fourth-order valence-corrected chi connectivity index (χ4v) is 1.45. The highest BCUT2D eigenvalue weighted by atomic mass is 15.3. The summed E-state index contributed by atoms with van der Waals surface area (Å²) in [6, 6.07) is 9.61. The van der Waals surface area contributed by atoms with Gasteiger partial charge in [0.15, 0.2) is 4.98 Å². The fourth-order valence-electron chi connectivity index (χ4n) is 1.45. The van der Waals surface area contributed by atoms with Crippen LogP contribution in [0.25, 0.3) is 4.98 Å². The molecule has 0 unspecified atom stereocenters. The third-order valence-corrected chi connectivity index (χ3v) is 2.50. The van der Waals surface area contributed by atoms with Crippen molar-refractivity contribution in [3.8, 4) is 11.8 Å². The van der Waals surface area contributed by atoms with Gasteiger partial charge in [0.25, 0.3) is 0 Å². The monoisotopic (exact) mass is 223 g/mol. The molecule has 0 radical (unpaired) electrons. The first-order valence-electron chi connectivity index (χ1n) is 5.18. The van der Waals surface area contributed by atoms with E-state index in [1.165, 1.54) is 0 Å². The minimum Gasteiger partial charge on any atom is -0.263 e. The molecule has 2 rings (SSSR count). The summed E-state index contributed by atoms with van der Waals surface area (Å²) in [6.45, 7) is 1.83. The van der Waals surface area contributed by atoms with E-state index in [1.54, 1.807) is 11.7 Å². The molecule has 17 heavy (non-hydrogen) atoms. The van der Waals surface area contributed by atoms with E-state index in [0.717, 1.165) is 11.3 Å². The molecule has 0 atom stereocenters. The maximum atomic E-state index is 8.91. The van der Waals surface area contributed by atoms with Gasteiger partial charge in [-0.1, -0.05) is 24.1 Å². The van der Waals surface area contributed by atoms with Gasteiger partial charge in [0.2, 0.25) is 11.1 Å². The van der Waals surface area contributed by atoms with E-state index in [9.17, 15) is 0 Å². The predicted octanol–water partition coefficient (Wildman–Crippen LogP) is 2.61. The standard InChI is InChI=1S/C13H11N4/c1-10-13(15-14)12(16-17(10)2)9-8-11-6-4-3-5-7-11/h3-7H,1-2H3/q+1. The molecule has 1 aromatic heterocycles. The van der Waals surface area contributed by atoms with Gasteiger partial charge in [-0.3, -0.25) is 4.68 Å². The van der Waals surface area contributed by atoms with E-state index in [2.05, 4.69) is 21.9 Å². The molecular weight excluding hydrogens is 212 g/mol. The molecule has 2 aromatic rings. The topological polar surface area (TPSA) is 46.0 Å².